The fourth-order valence-corrected chi connectivity index (χ4v) is 2.12. The van der Waals surface area contributed by atoms with Crippen LogP contribution in [0.5, 0.6) is 0 Å². The highest BCUT2D eigenvalue weighted by Gasteiger charge is 2.01. The molecular formula is C11H11Br2N3. The number of aromatic nitrogens is 2. The topological polar surface area (TPSA) is 29.9 Å². The number of anilines is 1. The van der Waals surface area contributed by atoms with Crippen LogP contribution in [0.4, 0.5) is 5.69 Å². The molecule has 0 radical (unpaired) electrons. The molecule has 0 atom stereocenters. The number of rotatable bonds is 3. The first-order valence-electron chi connectivity index (χ1n) is 4.82. The summed E-state index contributed by atoms with van der Waals surface area (Å²) in [6.45, 7) is 0.718. The second-order valence-electron chi connectivity index (χ2n) is 3.46. The second kappa shape index (κ2) is 5.01. The maximum atomic E-state index is 4.30. The molecule has 3 nitrogen and oxygen atoms in total. The van der Waals surface area contributed by atoms with E-state index in [1.54, 1.807) is 4.68 Å². The average molecular weight is 345 g/mol. The van der Waals surface area contributed by atoms with Crippen molar-refractivity contribution in [1.29, 1.82) is 0 Å². The number of halogens is 2. The van der Waals surface area contributed by atoms with Crippen LogP contribution in [0.2, 0.25) is 0 Å². The Balaban J connectivity index is 2.07. The number of aryl methyl sites for hydroxylation is 1. The molecule has 1 aromatic carbocycles. The molecule has 1 aromatic heterocycles. The predicted molar refractivity (Wildman–Crippen MR) is 72.4 cm³/mol. The maximum Gasteiger partial charge on any atom is 0.0815 e. The standard InChI is InChI=1S/C11H11Br2N3/c1-16-5-4-9(15-16)7-14-11-6-8(12)2-3-10(11)13/h2-6,14H,7H2,1H3. The van der Waals surface area contributed by atoms with Crippen LogP contribution in [0.1, 0.15) is 5.69 Å². The zero-order chi connectivity index (χ0) is 11.5. The predicted octanol–water partition coefficient (Wildman–Crippen LogP) is 3.56. The molecule has 1 N–H and O–H groups in total. The molecule has 0 fully saturated rings. The number of nitrogens with one attached hydrogen (secondary N) is 1. The minimum Gasteiger partial charge on any atom is -0.378 e. The number of benzene rings is 1. The van der Waals surface area contributed by atoms with Crippen molar-refractivity contribution >= 4 is 37.5 Å². The van der Waals surface area contributed by atoms with E-state index in [0.717, 1.165) is 26.9 Å². The van der Waals surface area contributed by atoms with Crippen molar-refractivity contribution in [3.63, 3.8) is 0 Å². The van der Waals surface area contributed by atoms with E-state index in [2.05, 4.69) is 42.3 Å². The van der Waals surface area contributed by atoms with E-state index in [4.69, 9.17) is 0 Å². The zero-order valence-electron chi connectivity index (χ0n) is 8.74. The molecule has 5 heteroatoms. The van der Waals surface area contributed by atoms with Gasteiger partial charge in [-0.1, -0.05) is 15.9 Å². The minimum atomic E-state index is 0.718. The lowest BCUT2D eigenvalue weighted by molar-refractivity contribution is 0.747. The van der Waals surface area contributed by atoms with Crippen molar-refractivity contribution in [3.05, 3.63) is 45.1 Å². The van der Waals surface area contributed by atoms with E-state index in [1.165, 1.54) is 0 Å². The molecule has 0 bridgehead atoms. The lowest BCUT2D eigenvalue weighted by Crippen LogP contribution is -2.01. The molecule has 0 unspecified atom stereocenters. The molecule has 0 spiro atoms. The van der Waals surface area contributed by atoms with E-state index in [0.29, 0.717) is 0 Å². The SMILES string of the molecule is Cn1ccc(CNc2cc(Br)ccc2Br)n1. The summed E-state index contributed by atoms with van der Waals surface area (Å²) in [4.78, 5) is 0. The Hall–Kier alpha value is -0.810. The highest BCUT2D eigenvalue weighted by atomic mass is 79.9. The fraction of sp³-hybridized carbons (Fsp3) is 0.182. The van der Waals surface area contributed by atoms with Gasteiger partial charge >= 0.3 is 0 Å². The van der Waals surface area contributed by atoms with Gasteiger partial charge in [0.1, 0.15) is 0 Å². The molecule has 2 aromatic rings. The Bertz CT molecular complexity index is 494. The number of hydrogen-bond acceptors (Lipinski definition) is 2. The van der Waals surface area contributed by atoms with Gasteiger partial charge in [0, 0.05) is 27.9 Å². The highest BCUT2D eigenvalue weighted by Crippen LogP contribution is 2.26. The van der Waals surface area contributed by atoms with Gasteiger partial charge in [0.05, 0.1) is 12.2 Å². The summed E-state index contributed by atoms with van der Waals surface area (Å²) >= 11 is 6.95. The Morgan fingerprint density at radius 3 is 2.81 bits per heavy atom. The van der Waals surface area contributed by atoms with Crippen molar-refractivity contribution in [2.24, 2.45) is 7.05 Å². The normalized spacial score (nSPS) is 10.4. The van der Waals surface area contributed by atoms with Crippen LogP contribution in [-0.4, -0.2) is 9.78 Å². The first-order valence-corrected chi connectivity index (χ1v) is 6.41. The third-order valence-corrected chi connectivity index (χ3v) is 3.34. The van der Waals surface area contributed by atoms with Gasteiger partial charge in [-0.25, -0.2) is 0 Å². The summed E-state index contributed by atoms with van der Waals surface area (Å²) in [5, 5.41) is 7.64. The second-order valence-corrected chi connectivity index (χ2v) is 5.23. The van der Waals surface area contributed by atoms with Gasteiger partial charge < -0.3 is 5.32 Å². The van der Waals surface area contributed by atoms with Crippen LogP contribution in [0.25, 0.3) is 0 Å². The molecule has 0 aliphatic carbocycles. The van der Waals surface area contributed by atoms with Gasteiger partial charge in [0.2, 0.25) is 0 Å². The Kier molecular flexibility index (Phi) is 3.66. The van der Waals surface area contributed by atoms with Gasteiger partial charge in [0.15, 0.2) is 0 Å². The molecule has 0 saturated heterocycles. The molecule has 0 aliphatic rings. The largest absolute Gasteiger partial charge is 0.378 e. The van der Waals surface area contributed by atoms with E-state index in [9.17, 15) is 0 Å². The number of nitrogens with zero attached hydrogens (tertiary/aromatic N) is 2. The summed E-state index contributed by atoms with van der Waals surface area (Å²) in [7, 11) is 1.92. The molecule has 2 rings (SSSR count). The van der Waals surface area contributed by atoms with Crippen molar-refractivity contribution in [3.8, 4) is 0 Å². The Morgan fingerprint density at radius 1 is 1.31 bits per heavy atom. The van der Waals surface area contributed by atoms with Crippen molar-refractivity contribution in [1.82, 2.24) is 9.78 Å². The van der Waals surface area contributed by atoms with Crippen LogP contribution in [0.15, 0.2) is 39.4 Å². The van der Waals surface area contributed by atoms with E-state index in [-0.39, 0.29) is 0 Å². The molecule has 0 aliphatic heterocycles. The highest BCUT2D eigenvalue weighted by molar-refractivity contribution is 9.11. The van der Waals surface area contributed by atoms with E-state index >= 15 is 0 Å². The molecule has 0 amide bonds. The maximum absolute atomic E-state index is 4.30. The van der Waals surface area contributed by atoms with E-state index in [1.807, 2.05) is 37.5 Å². The summed E-state index contributed by atoms with van der Waals surface area (Å²) in [5.74, 6) is 0. The number of hydrogen-bond donors (Lipinski definition) is 1. The smallest absolute Gasteiger partial charge is 0.0815 e. The fourth-order valence-electron chi connectivity index (χ4n) is 1.38. The zero-order valence-corrected chi connectivity index (χ0v) is 11.9. The monoisotopic (exact) mass is 343 g/mol. The van der Waals surface area contributed by atoms with Crippen molar-refractivity contribution < 1.29 is 0 Å². The summed E-state index contributed by atoms with van der Waals surface area (Å²) in [6.07, 6.45) is 1.94. The van der Waals surface area contributed by atoms with Gasteiger partial charge in [-0.3, -0.25) is 4.68 Å². The van der Waals surface area contributed by atoms with Crippen molar-refractivity contribution in [2.75, 3.05) is 5.32 Å². The summed E-state index contributed by atoms with van der Waals surface area (Å²) in [5.41, 5.74) is 2.08. The van der Waals surface area contributed by atoms with Gasteiger partial charge in [0.25, 0.3) is 0 Å². The van der Waals surface area contributed by atoms with Crippen molar-refractivity contribution in [2.45, 2.75) is 6.54 Å². The lowest BCUT2D eigenvalue weighted by Gasteiger charge is -2.07. The van der Waals surface area contributed by atoms with Crippen LogP contribution in [-0.2, 0) is 13.6 Å². The van der Waals surface area contributed by atoms with E-state index < -0.39 is 0 Å². The molecule has 0 saturated carbocycles. The first kappa shape index (κ1) is 11.7. The van der Waals surface area contributed by atoms with Gasteiger partial charge in [-0.05, 0) is 40.2 Å². The third-order valence-electron chi connectivity index (χ3n) is 2.16. The molecule has 84 valence electrons. The van der Waals surface area contributed by atoms with Gasteiger partial charge in [-0.2, -0.15) is 5.10 Å². The summed E-state index contributed by atoms with van der Waals surface area (Å²) < 4.78 is 3.90. The van der Waals surface area contributed by atoms with Crippen LogP contribution in [0, 0.1) is 0 Å². The average Bonchev–Trinajstić information content (AvgIpc) is 2.66. The minimum absolute atomic E-state index is 0.718. The lowest BCUT2D eigenvalue weighted by atomic mass is 10.3. The van der Waals surface area contributed by atoms with Crippen LogP contribution < -0.4 is 5.32 Å². The molecule has 16 heavy (non-hydrogen) atoms. The third kappa shape index (κ3) is 2.86. The van der Waals surface area contributed by atoms with Gasteiger partial charge in [-0.15, -0.1) is 0 Å². The molecular weight excluding hydrogens is 334 g/mol. The van der Waals surface area contributed by atoms with Crippen LogP contribution in [0.3, 0.4) is 0 Å². The summed E-state index contributed by atoms with van der Waals surface area (Å²) in [6, 6.07) is 8.03. The first-order chi connectivity index (χ1) is 7.65. The van der Waals surface area contributed by atoms with Crippen LogP contribution >= 0.6 is 31.9 Å². The quantitative estimate of drug-likeness (QED) is 0.922. The molecule has 1 heterocycles. The Morgan fingerprint density at radius 2 is 2.12 bits per heavy atom. The Labute approximate surface area is 111 Å².